The van der Waals surface area contributed by atoms with Gasteiger partial charge < -0.3 is 0 Å². The Morgan fingerprint density at radius 3 is 2.72 bits per heavy atom. The highest BCUT2D eigenvalue weighted by Crippen LogP contribution is 2.38. The maximum absolute atomic E-state index is 2.33. The van der Waals surface area contributed by atoms with Crippen LogP contribution in [0, 0.1) is 0 Å². The minimum atomic E-state index is 0.430. The van der Waals surface area contributed by atoms with E-state index in [2.05, 4.69) is 66.8 Å². The van der Waals surface area contributed by atoms with Gasteiger partial charge in [-0.05, 0) is 34.2 Å². The van der Waals surface area contributed by atoms with Crippen LogP contribution in [0.2, 0.25) is 0 Å². The summed E-state index contributed by atoms with van der Waals surface area (Å²) >= 11 is 0. The topological polar surface area (TPSA) is 0 Å². The Morgan fingerprint density at radius 2 is 1.72 bits per heavy atom. The van der Waals surface area contributed by atoms with Crippen LogP contribution in [0.5, 0.6) is 0 Å². The van der Waals surface area contributed by atoms with Crippen LogP contribution in [0.25, 0.3) is 12.2 Å². The van der Waals surface area contributed by atoms with Gasteiger partial charge in [-0.3, -0.25) is 0 Å². The highest BCUT2D eigenvalue weighted by Gasteiger charge is 2.22. The van der Waals surface area contributed by atoms with Crippen LogP contribution in [-0.4, -0.2) is 0 Å². The molecule has 18 heavy (non-hydrogen) atoms. The van der Waals surface area contributed by atoms with E-state index in [1.54, 1.807) is 0 Å². The third kappa shape index (κ3) is 1.32. The molecular formula is C18H14. The van der Waals surface area contributed by atoms with E-state index < -0.39 is 0 Å². The van der Waals surface area contributed by atoms with Crippen LogP contribution in [0.3, 0.4) is 0 Å². The van der Waals surface area contributed by atoms with Crippen LogP contribution in [0.1, 0.15) is 33.7 Å². The van der Waals surface area contributed by atoms with Crippen molar-refractivity contribution in [1.82, 2.24) is 0 Å². The van der Waals surface area contributed by atoms with E-state index in [4.69, 9.17) is 0 Å². The molecule has 1 atom stereocenters. The van der Waals surface area contributed by atoms with Crippen molar-refractivity contribution in [3.05, 3.63) is 82.4 Å². The van der Waals surface area contributed by atoms with E-state index in [9.17, 15) is 0 Å². The fourth-order valence-electron chi connectivity index (χ4n) is 3.11. The van der Waals surface area contributed by atoms with E-state index in [0.717, 1.165) is 6.42 Å². The molecule has 0 saturated heterocycles. The molecule has 0 aliphatic heterocycles. The van der Waals surface area contributed by atoms with Crippen molar-refractivity contribution < 1.29 is 0 Å². The molecule has 2 aliphatic carbocycles. The standard InChI is InChI=1S/C18H14/c1-2-8-15-14(5-1)11-12-18(15)17-10-4-7-13-6-3-9-16(13)17/h1-5,7-12,18H,6H2. The van der Waals surface area contributed by atoms with Gasteiger partial charge in [-0.1, -0.05) is 66.8 Å². The molecule has 0 amide bonds. The van der Waals surface area contributed by atoms with E-state index in [-0.39, 0.29) is 0 Å². The van der Waals surface area contributed by atoms with Gasteiger partial charge in [0.2, 0.25) is 0 Å². The molecule has 0 spiro atoms. The first kappa shape index (κ1) is 9.90. The molecule has 0 N–H and O–H groups in total. The van der Waals surface area contributed by atoms with Gasteiger partial charge in [0.05, 0.1) is 0 Å². The van der Waals surface area contributed by atoms with Crippen LogP contribution in [-0.2, 0) is 6.42 Å². The molecule has 0 heteroatoms. The first-order valence-corrected chi connectivity index (χ1v) is 6.49. The van der Waals surface area contributed by atoms with Crippen LogP contribution >= 0.6 is 0 Å². The van der Waals surface area contributed by atoms with Gasteiger partial charge in [0.25, 0.3) is 0 Å². The van der Waals surface area contributed by atoms with Crippen molar-refractivity contribution in [3.63, 3.8) is 0 Å². The van der Waals surface area contributed by atoms with Crippen molar-refractivity contribution in [2.75, 3.05) is 0 Å². The Morgan fingerprint density at radius 1 is 0.833 bits per heavy atom. The number of hydrogen-bond acceptors (Lipinski definition) is 0. The maximum atomic E-state index is 2.33. The SMILES string of the molecule is C1=Cc2c(cccc2C2C=Cc3ccccc32)C1. The summed E-state index contributed by atoms with van der Waals surface area (Å²) < 4.78 is 0. The fraction of sp³-hybridized carbons (Fsp3) is 0.111. The summed E-state index contributed by atoms with van der Waals surface area (Å²) in [6, 6.07) is 15.4. The second-order valence-corrected chi connectivity index (χ2v) is 4.99. The Kier molecular flexibility index (Phi) is 2.04. The molecule has 2 aromatic carbocycles. The summed E-state index contributed by atoms with van der Waals surface area (Å²) in [5.41, 5.74) is 7.14. The highest BCUT2D eigenvalue weighted by atomic mass is 14.3. The van der Waals surface area contributed by atoms with Crippen molar-refractivity contribution in [2.24, 2.45) is 0 Å². The summed E-state index contributed by atoms with van der Waals surface area (Å²) in [6.07, 6.45) is 10.2. The van der Waals surface area contributed by atoms with Gasteiger partial charge in [-0.15, -0.1) is 0 Å². The lowest BCUT2D eigenvalue weighted by molar-refractivity contribution is 1.04. The Labute approximate surface area is 107 Å². The summed E-state index contributed by atoms with van der Waals surface area (Å²) in [7, 11) is 0. The molecule has 0 saturated carbocycles. The minimum Gasteiger partial charge on any atom is -0.0795 e. The number of fused-ring (bicyclic) bond motifs is 2. The minimum absolute atomic E-state index is 0.430. The van der Waals surface area contributed by atoms with Crippen LogP contribution in [0.4, 0.5) is 0 Å². The average molecular weight is 230 g/mol. The molecule has 0 aromatic heterocycles. The first-order chi connectivity index (χ1) is 8.93. The molecule has 0 fully saturated rings. The summed E-state index contributed by atoms with van der Waals surface area (Å²) in [4.78, 5) is 0. The second-order valence-electron chi connectivity index (χ2n) is 4.99. The zero-order chi connectivity index (χ0) is 11.9. The highest BCUT2D eigenvalue weighted by molar-refractivity contribution is 5.71. The predicted molar refractivity (Wildman–Crippen MR) is 76.5 cm³/mol. The van der Waals surface area contributed by atoms with E-state index in [0.29, 0.717) is 5.92 Å². The average Bonchev–Trinajstić information content (AvgIpc) is 3.05. The summed E-state index contributed by atoms with van der Waals surface area (Å²) in [5, 5.41) is 0. The van der Waals surface area contributed by atoms with Crippen molar-refractivity contribution in [1.29, 1.82) is 0 Å². The largest absolute Gasteiger partial charge is 0.0795 e. The molecule has 2 aromatic rings. The van der Waals surface area contributed by atoms with Gasteiger partial charge in [0.1, 0.15) is 0 Å². The Hall–Kier alpha value is -2.08. The van der Waals surface area contributed by atoms with E-state index >= 15 is 0 Å². The lowest BCUT2D eigenvalue weighted by atomic mass is 9.88. The number of allylic oxidation sites excluding steroid dienone is 2. The molecule has 0 radical (unpaired) electrons. The Bertz CT molecular complexity index is 674. The zero-order valence-electron chi connectivity index (χ0n) is 10.1. The molecule has 0 nitrogen and oxygen atoms in total. The van der Waals surface area contributed by atoms with Crippen molar-refractivity contribution in [2.45, 2.75) is 12.3 Å². The fourth-order valence-corrected chi connectivity index (χ4v) is 3.11. The van der Waals surface area contributed by atoms with Crippen LogP contribution in [0.15, 0.2) is 54.6 Å². The molecule has 86 valence electrons. The molecular weight excluding hydrogens is 216 g/mol. The quantitative estimate of drug-likeness (QED) is 0.680. The smallest absolute Gasteiger partial charge is 0.0284 e. The number of rotatable bonds is 1. The summed E-state index contributed by atoms with van der Waals surface area (Å²) in [5.74, 6) is 0.430. The normalized spacial score (nSPS) is 19.0. The Balaban J connectivity index is 1.89. The van der Waals surface area contributed by atoms with Crippen molar-refractivity contribution >= 4 is 12.2 Å². The van der Waals surface area contributed by atoms with E-state index in [1.807, 2.05) is 0 Å². The lowest BCUT2D eigenvalue weighted by Gasteiger charge is -2.15. The molecule has 4 rings (SSSR count). The van der Waals surface area contributed by atoms with Crippen molar-refractivity contribution in [3.8, 4) is 0 Å². The zero-order valence-corrected chi connectivity index (χ0v) is 10.1. The summed E-state index contributed by atoms with van der Waals surface area (Å²) in [6.45, 7) is 0. The molecule has 0 bridgehead atoms. The molecule has 0 heterocycles. The maximum Gasteiger partial charge on any atom is 0.0284 e. The third-order valence-corrected chi connectivity index (χ3v) is 3.99. The number of hydrogen-bond donors (Lipinski definition) is 0. The number of benzene rings is 2. The van der Waals surface area contributed by atoms with Crippen LogP contribution < -0.4 is 0 Å². The predicted octanol–water partition coefficient (Wildman–Crippen LogP) is 4.41. The van der Waals surface area contributed by atoms with Gasteiger partial charge in [0.15, 0.2) is 0 Å². The monoisotopic (exact) mass is 230 g/mol. The van der Waals surface area contributed by atoms with E-state index in [1.165, 1.54) is 27.8 Å². The second kappa shape index (κ2) is 3.71. The third-order valence-electron chi connectivity index (χ3n) is 3.99. The first-order valence-electron chi connectivity index (χ1n) is 6.49. The molecule has 1 unspecified atom stereocenters. The lowest BCUT2D eigenvalue weighted by Crippen LogP contribution is -1.99. The van der Waals surface area contributed by atoms with Gasteiger partial charge in [-0.2, -0.15) is 0 Å². The molecule has 2 aliphatic rings. The van der Waals surface area contributed by atoms with Gasteiger partial charge >= 0.3 is 0 Å². The van der Waals surface area contributed by atoms with Gasteiger partial charge in [0, 0.05) is 5.92 Å². The van der Waals surface area contributed by atoms with Gasteiger partial charge in [-0.25, -0.2) is 0 Å².